The second kappa shape index (κ2) is 5.54. The lowest BCUT2D eigenvalue weighted by molar-refractivity contribution is 0.513. The zero-order chi connectivity index (χ0) is 13.2. The van der Waals surface area contributed by atoms with E-state index in [-0.39, 0.29) is 0 Å². The van der Waals surface area contributed by atoms with E-state index in [0.29, 0.717) is 0 Å². The molecule has 2 aromatic rings. The number of nitrogens with zero attached hydrogens (tertiary/aromatic N) is 3. The Hall–Kier alpha value is -1.01. The third kappa shape index (κ3) is 2.79. The summed E-state index contributed by atoms with van der Waals surface area (Å²) < 4.78 is 3.26. The maximum atomic E-state index is 6.00. The molecule has 100 valence electrons. The number of nitrogens with two attached hydrogens (primary N) is 1. The van der Waals surface area contributed by atoms with Gasteiger partial charge in [-0.05, 0) is 31.0 Å². The third-order valence-corrected chi connectivity index (χ3v) is 4.84. The van der Waals surface area contributed by atoms with Crippen LogP contribution in [0.1, 0.15) is 24.5 Å². The maximum Gasteiger partial charge on any atom is 0.143 e. The van der Waals surface area contributed by atoms with Crippen LogP contribution < -0.4 is 5.73 Å². The molecule has 2 heterocycles. The summed E-state index contributed by atoms with van der Waals surface area (Å²) in [5, 5.41) is 8.57. The number of fused-ring (bicyclic) bond motifs is 1. The molecule has 6 heteroatoms. The Morgan fingerprint density at radius 2 is 2.21 bits per heavy atom. The molecule has 0 radical (unpaired) electrons. The number of thioether (sulfide) groups is 1. The van der Waals surface area contributed by atoms with Gasteiger partial charge in [-0.1, -0.05) is 15.9 Å². The van der Waals surface area contributed by atoms with Gasteiger partial charge >= 0.3 is 0 Å². The van der Waals surface area contributed by atoms with Gasteiger partial charge in [0.25, 0.3) is 0 Å². The molecule has 3 rings (SSSR count). The van der Waals surface area contributed by atoms with Gasteiger partial charge in [-0.3, -0.25) is 0 Å². The second-order valence-electron chi connectivity index (χ2n) is 4.61. The number of rotatable bonds is 3. The third-order valence-electron chi connectivity index (χ3n) is 3.26. The fraction of sp³-hybridized carbons (Fsp3) is 0.385. The molecule has 0 bridgehead atoms. The summed E-state index contributed by atoms with van der Waals surface area (Å²) in [7, 11) is 0. The normalized spacial score (nSPS) is 14.4. The first-order valence-electron chi connectivity index (χ1n) is 6.33. The molecular weight excluding hydrogens is 324 g/mol. The van der Waals surface area contributed by atoms with Gasteiger partial charge in [0.2, 0.25) is 0 Å². The Morgan fingerprint density at radius 3 is 3.05 bits per heavy atom. The van der Waals surface area contributed by atoms with Crippen molar-refractivity contribution in [2.75, 3.05) is 5.73 Å². The molecule has 0 amide bonds. The Morgan fingerprint density at radius 1 is 1.32 bits per heavy atom. The predicted octanol–water partition coefficient (Wildman–Crippen LogP) is 3.25. The number of hydrogen-bond donors (Lipinski definition) is 1. The highest BCUT2D eigenvalue weighted by molar-refractivity contribution is 9.10. The van der Waals surface area contributed by atoms with E-state index in [2.05, 4.69) is 30.7 Å². The second-order valence-corrected chi connectivity index (χ2v) is 6.54. The molecule has 19 heavy (non-hydrogen) atoms. The van der Waals surface area contributed by atoms with Crippen molar-refractivity contribution in [3.63, 3.8) is 0 Å². The molecule has 0 atom stereocenters. The van der Waals surface area contributed by atoms with E-state index in [1.807, 2.05) is 18.2 Å². The van der Waals surface area contributed by atoms with Crippen molar-refractivity contribution in [3.05, 3.63) is 34.3 Å². The number of anilines is 1. The fourth-order valence-electron chi connectivity index (χ4n) is 2.27. The van der Waals surface area contributed by atoms with Crippen molar-refractivity contribution in [1.29, 1.82) is 0 Å². The minimum atomic E-state index is 0.803. The quantitative estimate of drug-likeness (QED) is 0.689. The topological polar surface area (TPSA) is 56.7 Å². The average molecular weight is 339 g/mol. The summed E-state index contributed by atoms with van der Waals surface area (Å²) in [6.07, 6.45) is 3.51. The standard InChI is InChI=1S/C13H15BrN4S/c14-9-4-5-11(10(15)7-9)19-8-13-17-16-12-3-1-2-6-18(12)13/h4-5,7H,1-3,6,8,15H2. The van der Waals surface area contributed by atoms with Crippen LogP contribution in [0.15, 0.2) is 27.6 Å². The van der Waals surface area contributed by atoms with Crippen molar-refractivity contribution in [3.8, 4) is 0 Å². The largest absolute Gasteiger partial charge is 0.398 e. The van der Waals surface area contributed by atoms with Gasteiger partial charge in [0.15, 0.2) is 0 Å². The summed E-state index contributed by atoms with van der Waals surface area (Å²) in [4.78, 5) is 1.09. The molecule has 0 aliphatic carbocycles. The average Bonchev–Trinajstić information content (AvgIpc) is 2.81. The first kappa shape index (κ1) is 13.0. The molecular formula is C13H15BrN4S. The highest BCUT2D eigenvalue weighted by Crippen LogP contribution is 2.30. The van der Waals surface area contributed by atoms with Crippen LogP contribution in [0.4, 0.5) is 5.69 Å². The Labute approximate surface area is 124 Å². The van der Waals surface area contributed by atoms with E-state index in [0.717, 1.165) is 45.4 Å². The van der Waals surface area contributed by atoms with Gasteiger partial charge in [0.05, 0.1) is 5.75 Å². The molecule has 0 spiro atoms. The minimum absolute atomic E-state index is 0.803. The summed E-state index contributed by atoms with van der Waals surface area (Å²) in [6, 6.07) is 5.98. The molecule has 0 unspecified atom stereocenters. The predicted molar refractivity (Wildman–Crippen MR) is 81.1 cm³/mol. The van der Waals surface area contributed by atoms with Crippen LogP contribution in [0, 0.1) is 0 Å². The number of benzene rings is 1. The molecule has 4 nitrogen and oxygen atoms in total. The summed E-state index contributed by atoms with van der Waals surface area (Å²) in [5.41, 5.74) is 6.81. The number of halogens is 1. The SMILES string of the molecule is Nc1cc(Br)ccc1SCc1nnc2n1CCCC2. The van der Waals surface area contributed by atoms with Crippen molar-refractivity contribution >= 4 is 33.4 Å². The minimum Gasteiger partial charge on any atom is -0.398 e. The lowest BCUT2D eigenvalue weighted by Crippen LogP contribution is -2.12. The van der Waals surface area contributed by atoms with E-state index < -0.39 is 0 Å². The molecule has 0 saturated carbocycles. The lowest BCUT2D eigenvalue weighted by atomic mass is 10.2. The van der Waals surface area contributed by atoms with Crippen LogP contribution in [-0.2, 0) is 18.7 Å². The highest BCUT2D eigenvalue weighted by atomic mass is 79.9. The summed E-state index contributed by atoms with van der Waals surface area (Å²) in [6.45, 7) is 1.05. The first-order chi connectivity index (χ1) is 9.24. The highest BCUT2D eigenvalue weighted by Gasteiger charge is 2.15. The Bertz CT molecular complexity index is 596. The van der Waals surface area contributed by atoms with Crippen LogP contribution in [0.3, 0.4) is 0 Å². The zero-order valence-corrected chi connectivity index (χ0v) is 12.9. The van der Waals surface area contributed by atoms with Crippen molar-refractivity contribution in [2.24, 2.45) is 0 Å². The summed E-state index contributed by atoms with van der Waals surface area (Å²) in [5.74, 6) is 3.01. The molecule has 1 aliphatic rings. The maximum absolute atomic E-state index is 6.00. The molecule has 1 aromatic carbocycles. The molecule has 0 saturated heterocycles. The van der Waals surface area contributed by atoms with E-state index >= 15 is 0 Å². The van der Waals surface area contributed by atoms with E-state index in [1.54, 1.807) is 11.8 Å². The van der Waals surface area contributed by atoms with Gasteiger partial charge in [0.1, 0.15) is 11.6 Å². The van der Waals surface area contributed by atoms with Gasteiger partial charge < -0.3 is 10.3 Å². The lowest BCUT2D eigenvalue weighted by Gasteiger charge is -2.14. The van der Waals surface area contributed by atoms with E-state index in [1.165, 1.54) is 12.8 Å². The van der Waals surface area contributed by atoms with Crippen LogP contribution in [0.2, 0.25) is 0 Å². The van der Waals surface area contributed by atoms with Crippen molar-refractivity contribution < 1.29 is 0 Å². The van der Waals surface area contributed by atoms with Gasteiger partial charge in [-0.2, -0.15) is 0 Å². The van der Waals surface area contributed by atoms with Crippen LogP contribution in [-0.4, -0.2) is 14.8 Å². The molecule has 2 N–H and O–H groups in total. The molecule has 0 fully saturated rings. The van der Waals surface area contributed by atoms with Crippen LogP contribution in [0.5, 0.6) is 0 Å². The fourth-order valence-corrected chi connectivity index (χ4v) is 3.54. The number of aryl methyl sites for hydroxylation is 1. The van der Waals surface area contributed by atoms with Crippen LogP contribution >= 0.6 is 27.7 Å². The van der Waals surface area contributed by atoms with E-state index in [4.69, 9.17) is 5.73 Å². The summed E-state index contributed by atoms with van der Waals surface area (Å²) >= 11 is 5.14. The smallest absolute Gasteiger partial charge is 0.143 e. The first-order valence-corrected chi connectivity index (χ1v) is 8.10. The Balaban J connectivity index is 1.74. The van der Waals surface area contributed by atoms with Crippen molar-refractivity contribution in [1.82, 2.24) is 14.8 Å². The van der Waals surface area contributed by atoms with E-state index in [9.17, 15) is 0 Å². The number of nitrogen functional groups attached to an aromatic ring is 1. The Kier molecular flexibility index (Phi) is 3.79. The van der Waals surface area contributed by atoms with Crippen molar-refractivity contribution in [2.45, 2.75) is 36.5 Å². The van der Waals surface area contributed by atoms with Gasteiger partial charge in [0, 0.05) is 28.0 Å². The monoisotopic (exact) mass is 338 g/mol. The molecule has 1 aromatic heterocycles. The zero-order valence-electron chi connectivity index (χ0n) is 10.5. The van der Waals surface area contributed by atoms with Gasteiger partial charge in [-0.15, -0.1) is 22.0 Å². The van der Waals surface area contributed by atoms with Gasteiger partial charge in [-0.25, -0.2) is 0 Å². The van der Waals surface area contributed by atoms with Crippen LogP contribution in [0.25, 0.3) is 0 Å². The molecule has 1 aliphatic heterocycles. The number of aromatic nitrogens is 3. The number of hydrogen-bond acceptors (Lipinski definition) is 4.